The molecule has 2 rings (SSSR count). The minimum atomic E-state index is -0.224. The quantitative estimate of drug-likeness (QED) is 0.783. The van der Waals surface area contributed by atoms with Gasteiger partial charge in [-0.05, 0) is 6.92 Å². The Labute approximate surface area is 98.6 Å². The van der Waals surface area contributed by atoms with Crippen LogP contribution in [0.5, 0.6) is 0 Å². The summed E-state index contributed by atoms with van der Waals surface area (Å²) >= 11 is 0. The number of morpholine rings is 1. The summed E-state index contributed by atoms with van der Waals surface area (Å²) in [7, 11) is 0. The van der Waals surface area contributed by atoms with Crippen molar-refractivity contribution < 1.29 is 9.53 Å². The highest BCUT2D eigenvalue weighted by Gasteiger charge is 2.14. The van der Waals surface area contributed by atoms with E-state index in [9.17, 15) is 9.59 Å². The number of ketones is 1. The van der Waals surface area contributed by atoms with Gasteiger partial charge in [0.15, 0.2) is 0 Å². The fourth-order valence-corrected chi connectivity index (χ4v) is 1.77. The summed E-state index contributed by atoms with van der Waals surface area (Å²) in [5.74, 6) is 1.02. The monoisotopic (exact) mass is 237 g/mol. The standard InChI is InChI=1S/C11H15N3O3/c1-8(15)6-9-12-10(7-11(16)13-9)14-2-4-17-5-3-14/h7H,2-6H2,1H3,(H,12,13,16). The first-order valence-electron chi connectivity index (χ1n) is 5.57. The van der Waals surface area contributed by atoms with Crippen LogP contribution in [0.1, 0.15) is 12.7 Å². The molecule has 0 atom stereocenters. The van der Waals surface area contributed by atoms with Gasteiger partial charge >= 0.3 is 0 Å². The van der Waals surface area contributed by atoms with Crippen LogP contribution in [-0.2, 0) is 16.0 Å². The number of H-pyrrole nitrogens is 1. The van der Waals surface area contributed by atoms with Crippen molar-refractivity contribution in [2.45, 2.75) is 13.3 Å². The average molecular weight is 237 g/mol. The molecule has 1 saturated heterocycles. The number of ether oxygens (including phenoxy) is 1. The molecular formula is C11H15N3O3. The van der Waals surface area contributed by atoms with Crippen molar-refractivity contribution in [2.75, 3.05) is 31.2 Å². The lowest BCUT2D eigenvalue weighted by molar-refractivity contribution is -0.116. The van der Waals surface area contributed by atoms with Crippen molar-refractivity contribution in [1.82, 2.24) is 9.97 Å². The molecule has 6 nitrogen and oxygen atoms in total. The lowest BCUT2D eigenvalue weighted by atomic mass is 10.3. The molecule has 92 valence electrons. The molecule has 0 aromatic carbocycles. The third kappa shape index (κ3) is 3.13. The minimum Gasteiger partial charge on any atom is -0.378 e. The number of aromatic amines is 1. The van der Waals surface area contributed by atoms with Crippen molar-refractivity contribution in [3.8, 4) is 0 Å². The summed E-state index contributed by atoms with van der Waals surface area (Å²) in [6, 6.07) is 1.45. The van der Waals surface area contributed by atoms with Crippen LogP contribution >= 0.6 is 0 Å². The summed E-state index contributed by atoms with van der Waals surface area (Å²) in [4.78, 5) is 31.3. The van der Waals surface area contributed by atoms with E-state index in [0.29, 0.717) is 24.9 Å². The molecule has 1 fully saturated rings. The topological polar surface area (TPSA) is 75.3 Å². The Balaban J connectivity index is 2.24. The zero-order valence-corrected chi connectivity index (χ0v) is 9.73. The van der Waals surface area contributed by atoms with Crippen molar-refractivity contribution in [3.63, 3.8) is 0 Å². The highest BCUT2D eigenvalue weighted by atomic mass is 16.5. The van der Waals surface area contributed by atoms with Gasteiger partial charge in [-0.2, -0.15) is 0 Å². The first-order chi connectivity index (χ1) is 8.15. The molecule has 2 heterocycles. The first kappa shape index (κ1) is 11.8. The molecule has 1 aliphatic rings. The molecule has 1 aromatic heterocycles. The number of aromatic nitrogens is 2. The van der Waals surface area contributed by atoms with Crippen LogP contribution in [0.25, 0.3) is 0 Å². The van der Waals surface area contributed by atoms with Crippen molar-refractivity contribution in [1.29, 1.82) is 0 Å². The smallest absolute Gasteiger partial charge is 0.252 e. The maximum Gasteiger partial charge on any atom is 0.252 e. The zero-order chi connectivity index (χ0) is 12.3. The number of rotatable bonds is 3. The normalized spacial score (nSPS) is 15.9. The Bertz CT molecular complexity index is 463. The van der Waals surface area contributed by atoms with E-state index in [0.717, 1.165) is 13.1 Å². The molecule has 0 unspecified atom stereocenters. The summed E-state index contributed by atoms with van der Waals surface area (Å²) < 4.78 is 5.24. The predicted octanol–water partition coefficient (Wildman–Crippen LogP) is -0.262. The van der Waals surface area contributed by atoms with Gasteiger partial charge in [-0.25, -0.2) is 4.98 Å². The molecule has 0 spiro atoms. The molecule has 0 aliphatic carbocycles. The van der Waals surface area contributed by atoms with Crippen LogP contribution in [0.15, 0.2) is 10.9 Å². The maximum atomic E-state index is 11.5. The van der Waals surface area contributed by atoms with E-state index in [-0.39, 0.29) is 17.8 Å². The van der Waals surface area contributed by atoms with E-state index in [1.54, 1.807) is 0 Å². The number of anilines is 1. The van der Waals surface area contributed by atoms with Crippen LogP contribution in [0.3, 0.4) is 0 Å². The lowest BCUT2D eigenvalue weighted by Crippen LogP contribution is -2.37. The second-order valence-corrected chi connectivity index (χ2v) is 4.03. The second-order valence-electron chi connectivity index (χ2n) is 4.03. The van der Waals surface area contributed by atoms with Gasteiger partial charge in [-0.15, -0.1) is 0 Å². The van der Waals surface area contributed by atoms with E-state index in [1.807, 2.05) is 4.90 Å². The Hall–Kier alpha value is -1.69. The first-order valence-corrected chi connectivity index (χ1v) is 5.57. The highest BCUT2D eigenvalue weighted by Crippen LogP contribution is 2.10. The third-order valence-corrected chi connectivity index (χ3v) is 2.53. The Morgan fingerprint density at radius 2 is 2.24 bits per heavy atom. The number of hydrogen-bond donors (Lipinski definition) is 1. The number of carbonyl (C=O) groups is 1. The predicted molar refractivity (Wildman–Crippen MR) is 62.3 cm³/mol. The SMILES string of the molecule is CC(=O)Cc1nc(N2CCOCC2)cc(=O)[nH]1. The Kier molecular flexibility index (Phi) is 3.53. The Morgan fingerprint density at radius 1 is 1.53 bits per heavy atom. The molecule has 1 aromatic rings. The molecule has 1 N–H and O–H groups in total. The molecule has 6 heteroatoms. The number of nitrogens with one attached hydrogen (secondary N) is 1. The van der Waals surface area contributed by atoms with E-state index >= 15 is 0 Å². The summed E-state index contributed by atoms with van der Waals surface area (Å²) in [6.07, 6.45) is 0.160. The lowest BCUT2D eigenvalue weighted by Gasteiger charge is -2.27. The third-order valence-electron chi connectivity index (χ3n) is 2.53. The average Bonchev–Trinajstić information content (AvgIpc) is 2.28. The van der Waals surface area contributed by atoms with Gasteiger partial charge in [-0.1, -0.05) is 0 Å². The molecule has 0 saturated carbocycles. The summed E-state index contributed by atoms with van der Waals surface area (Å²) in [5.41, 5.74) is -0.224. The van der Waals surface area contributed by atoms with Crippen molar-refractivity contribution >= 4 is 11.6 Å². The van der Waals surface area contributed by atoms with Crippen LogP contribution in [0.2, 0.25) is 0 Å². The van der Waals surface area contributed by atoms with Crippen molar-refractivity contribution in [3.05, 3.63) is 22.2 Å². The molecule has 17 heavy (non-hydrogen) atoms. The van der Waals surface area contributed by atoms with Crippen molar-refractivity contribution in [2.24, 2.45) is 0 Å². The van der Waals surface area contributed by atoms with Crippen LogP contribution < -0.4 is 10.5 Å². The van der Waals surface area contributed by atoms with Crippen LogP contribution in [0, 0.1) is 0 Å². The van der Waals surface area contributed by atoms with Crippen LogP contribution in [-0.4, -0.2) is 42.1 Å². The van der Waals surface area contributed by atoms with Gasteiger partial charge in [0.1, 0.15) is 17.4 Å². The summed E-state index contributed by atoms with van der Waals surface area (Å²) in [5, 5.41) is 0. The van der Waals surface area contributed by atoms with Gasteiger partial charge in [0.05, 0.1) is 19.6 Å². The number of carbonyl (C=O) groups excluding carboxylic acids is 1. The molecule has 0 amide bonds. The van der Waals surface area contributed by atoms with Gasteiger partial charge in [-0.3, -0.25) is 9.59 Å². The molecular weight excluding hydrogens is 222 g/mol. The van der Waals surface area contributed by atoms with Gasteiger partial charge in [0, 0.05) is 19.2 Å². The second kappa shape index (κ2) is 5.09. The van der Waals surface area contributed by atoms with Gasteiger partial charge in [0.25, 0.3) is 5.56 Å². The Morgan fingerprint density at radius 3 is 2.88 bits per heavy atom. The highest BCUT2D eigenvalue weighted by molar-refractivity contribution is 5.77. The van der Waals surface area contributed by atoms with E-state index in [1.165, 1.54) is 13.0 Å². The van der Waals surface area contributed by atoms with E-state index in [2.05, 4.69) is 9.97 Å². The van der Waals surface area contributed by atoms with E-state index < -0.39 is 0 Å². The largest absolute Gasteiger partial charge is 0.378 e. The minimum absolute atomic E-state index is 0.0210. The summed E-state index contributed by atoms with van der Waals surface area (Å²) in [6.45, 7) is 4.18. The molecule has 1 aliphatic heterocycles. The fourth-order valence-electron chi connectivity index (χ4n) is 1.77. The zero-order valence-electron chi connectivity index (χ0n) is 9.73. The number of Topliss-reactive ketones (excluding diaryl/α,β-unsaturated/α-hetero) is 1. The van der Waals surface area contributed by atoms with Gasteiger partial charge in [0.2, 0.25) is 0 Å². The van der Waals surface area contributed by atoms with E-state index in [4.69, 9.17) is 4.74 Å². The fraction of sp³-hybridized carbons (Fsp3) is 0.545. The van der Waals surface area contributed by atoms with Gasteiger partial charge < -0.3 is 14.6 Å². The number of hydrogen-bond acceptors (Lipinski definition) is 5. The molecule has 0 bridgehead atoms. The maximum absolute atomic E-state index is 11.5. The number of nitrogens with zero attached hydrogens (tertiary/aromatic N) is 2. The van der Waals surface area contributed by atoms with Crippen LogP contribution in [0.4, 0.5) is 5.82 Å². The molecule has 0 radical (unpaired) electrons.